The van der Waals surface area contributed by atoms with Crippen molar-refractivity contribution in [3.63, 3.8) is 0 Å². The van der Waals surface area contributed by atoms with Crippen LogP contribution >= 0.6 is 31.9 Å². The minimum Gasteiger partial charge on any atom is -0.326 e. The zero-order valence-electron chi connectivity index (χ0n) is 8.46. The highest BCUT2D eigenvalue weighted by molar-refractivity contribution is 9.10. The van der Waals surface area contributed by atoms with Gasteiger partial charge in [-0.2, -0.15) is 0 Å². The topological polar surface area (TPSA) is 17.8 Å². The second kappa shape index (κ2) is 4.10. The molecule has 1 aromatic carbocycles. The largest absolute Gasteiger partial charge is 0.326 e. The third kappa shape index (κ3) is 2.01. The number of aryl methyl sites for hydroxylation is 1. The molecule has 2 nitrogen and oxygen atoms in total. The van der Waals surface area contributed by atoms with E-state index in [0.717, 1.165) is 26.2 Å². The van der Waals surface area contributed by atoms with Crippen LogP contribution in [-0.2, 0) is 7.05 Å². The number of halogens is 2. The fourth-order valence-corrected chi connectivity index (χ4v) is 2.38. The van der Waals surface area contributed by atoms with Crippen molar-refractivity contribution in [3.05, 3.63) is 39.2 Å². The Kier molecular flexibility index (Phi) is 2.98. The molecule has 0 atom stereocenters. The molecule has 2 aromatic rings. The van der Waals surface area contributed by atoms with Crippen molar-refractivity contribution in [3.8, 4) is 11.3 Å². The Morgan fingerprint density at radius 3 is 2.53 bits per heavy atom. The van der Waals surface area contributed by atoms with Crippen LogP contribution in [0.2, 0.25) is 0 Å². The summed E-state index contributed by atoms with van der Waals surface area (Å²) in [6.07, 6.45) is 0. The first-order valence-corrected chi connectivity index (χ1v) is 6.13. The van der Waals surface area contributed by atoms with Gasteiger partial charge in [0.2, 0.25) is 0 Å². The summed E-state index contributed by atoms with van der Waals surface area (Å²) >= 11 is 7.01. The van der Waals surface area contributed by atoms with Gasteiger partial charge in [0.25, 0.3) is 0 Å². The molecule has 0 spiro atoms. The van der Waals surface area contributed by atoms with Gasteiger partial charge in [-0.1, -0.05) is 28.1 Å². The number of nitrogens with zero attached hydrogens (tertiary/aromatic N) is 2. The summed E-state index contributed by atoms with van der Waals surface area (Å²) < 4.78 is 4.10. The molecule has 0 radical (unpaired) electrons. The molecule has 0 aliphatic rings. The van der Waals surface area contributed by atoms with Gasteiger partial charge in [-0.05, 0) is 35.0 Å². The van der Waals surface area contributed by atoms with Crippen molar-refractivity contribution >= 4 is 31.9 Å². The third-order valence-corrected chi connectivity index (χ3v) is 3.75. The van der Waals surface area contributed by atoms with Crippen LogP contribution in [-0.4, -0.2) is 9.55 Å². The molecule has 0 aliphatic carbocycles. The SMILES string of the molecule is Cc1nc(-c2cccc(Br)c2)c(Br)n1C. The summed E-state index contributed by atoms with van der Waals surface area (Å²) in [5.74, 6) is 0.997. The van der Waals surface area contributed by atoms with Crippen LogP contribution < -0.4 is 0 Å². The molecule has 0 N–H and O–H groups in total. The summed E-state index contributed by atoms with van der Waals surface area (Å²) in [5, 5.41) is 0. The highest BCUT2D eigenvalue weighted by atomic mass is 79.9. The lowest BCUT2D eigenvalue weighted by Crippen LogP contribution is -1.90. The molecule has 1 aromatic heterocycles. The number of aromatic nitrogens is 2. The van der Waals surface area contributed by atoms with Crippen LogP contribution in [0, 0.1) is 6.92 Å². The van der Waals surface area contributed by atoms with E-state index in [1.165, 1.54) is 0 Å². The lowest BCUT2D eigenvalue weighted by atomic mass is 10.2. The van der Waals surface area contributed by atoms with Gasteiger partial charge in [-0.3, -0.25) is 0 Å². The van der Waals surface area contributed by atoms with Crippen LogP contribution in [0.25, 0.3) is 11.3 Å². The summed E-state index contributed by atoms with van der Waals surface area (Å²) in [7, 11) is 1.99. The Bertz CT molecular complexity index is 503. The molecule has 0 amide bonds. The Labute approximate surface area is 106 Å². The Balaban J connectivity index is 2.59. The molecular formula is C11H10Br2N2. The average Bonchev–Trinajstić information content (AvgIpc) is 2.46. The van der Waals surface area contributed by atoms with E-state index < -0.39 is 0 Å². The van der Waals surface area contributed by atoms with Gasteiger partial charge in [0.1, 0.15) is 16.1 Å². The maximum absolute atomic E-state index is 4.52. The molecule has 4 heteroatoms. The first kappa shape index (κ1) is 10.9. The summed E-state index contributed by atoms with van der Waals surface area (Å²) in [6, 6.07) is 8.13. The van der Waals surface area contributed by atoms with Gasteiger partial charge in [0, 0.05) is 17.1 Å². The van der Waals surface area contributed by atoms with Crippen molar-refractivity contribution in [2.45, 2.75) is 6.92 Å². The molecule has 2 rings (SSSR count). The van der Waals surface area contributed by atoms with E-state index in [0.29, 0.717) is 0 Å². The van der Waals surface area contributed by atoms with Gasteiger partial charge >= 0.3 is 0 Å². The molecule has 0 saturated carbocycles. The second-order valence-corrected chi connectivity index (χ2v) is 5.03. The van der Waals surface area contributed by atoms with E-state index in [-0.39, 0.29) is 0 Å². The van der Waals surface area contributed by atoms with E-state index in [1.807, 2.05) is 30.7 Å². The highest BCUT2D eigenvalue weighted by Crippen LogP contribution is 2.29. The van der Waals surface area contributed by atoms with E-state index in [9.17, 15) is 0 Å². The van der Waals surface area contributed by atoms with Crippen molar-refractivity contribution in [1.29, 1.82) is 0 Å². The van der Waals surface area contributed by atoms with Crippen molar-refractivity contribution in [2.24, 2.45) is 7.05 Å². The van der Waals surface area contributed by atoms with Gasteiger partial charge in [-0.15, -0.1) is 0 Å². The number of benzene rings is 1. The third-order valence-electron chi connectivity index (χ3n) is 2.35. The lowest BCUT2D eigenvalue weighted by Gasteiger charge is -1.99. The van der Waals surface area contributed by atoms with Crippen LogP contribution in [0.3, 0.4) is 0 Å². The number of rotatable bonds is 1. The second-order valence-electron chi connectivity index (χ2n) is 3.37. The zero-order valence-corrected chi connectivity index (χ0v) is 11.6. The lowest BCUT2D eigenvalue weighted by molar-refractivity contribution is 0.840. The van der Waals surface area contributed by atoms with Gasteiger partial charge < -0.3 is 4.57 Å². The summed E-state index contributed by atoms with van der Waals surface area (Å²) in [4.78, 5) is 4.52. The molecule has 0 aliphatic heterocycles. The number of hydrogen-bond donors (Lipinski definition) is 0. The predicted molar refractivity (Wildman–Crippen MR) is 68.8 cm³/mol. The molecule has 0 saturated heterocycles. The maximum atomic E-state index is 4.52. The average molecular weight is 330 g/mol. The maximum Gasteiger partial charge on any atom is 0.112 e. The fraction of sp³-hybridized carbons (Fsp3) is 0.182. The molecule has 78 valence electrons. The van der Waals surface area contributed by atoms with Gasteiger partial charge in [-0.25, -0.2) is 4.98 Å². The molecule has 0 bridgehead atoms. The Hall–Kier alpha value is -0.610. The molecule has 0 fully saturated rings. The van der Waals surface area contributed by atoms with E-state index in [2.05, 4.69) is 49.0 Å². The predicted octanol–water partition coefficient (Wildman–Crippen LogP) is 3.92. The van der Waals surface area contributed by atoms with Crippen LogP contribution in [0.1, 0.15) is 5.82 Å². The molecular weight excluding hydrogens is 320 g/mol. The summed E-state index contributed by atoms with van der Waals surface area (Å²) in [5.41, 5.74) is 2.09. The molecule has 15 heavy (non-hydrogen) atoms. The number of hydrogen-bond acceptors (Lipinski definition) is 1. The van der Waals surface area contributed by atoms with Crippen LogP contribution in [0.4, 0.5) is 0 Å². The van der Waals surface area contributed by atoms with Gasteiger partial charge in [0.15, 0.2) is 0 Å². The normalized spacial score (nSPS) is 10.7. The Morgan fingerprint density at radius 1 is 1.27 bits per heavy atom. The van der Waals surface area contributed by atoms with E-state index in [1.54, 1.807) is 0 Å². The highest BCUT2D eigenvalue weighted by Gasteiger charge is 2.11. The monoisotopic (exact) mass is 328 g/mol. The summed E-state index contributed by atoms with van der Waals surface area (Å²) in [6.45, 7) is 1.99. The van der Waals surface area contributed by atoms with Gasteiger partial charge in [0.05, 0.1) is 0 Å². The van der Waals surface area contributed by atoms with Crippen LogP contribution in [0.5, 0.6) is 0 Å². The minimum absolute atomic E-state index is 0.983. The Morgan fingerprint density at radius 2 is 2.00 bits per heavy atom. The number of imidazole rings is 1. The van der Waals surface area contributed by atoms with Crippen molar-refractivity contribution in [2.75, 3.05) is 0 Å². The first-order chi connectivity index (χ1) is 7.09. The smallest absolute Gasteiger partial charge is 0.112 e. The molecule has 1 heterocycles. The quantitative estimate of drug-likeness (QED) is 0.775. The van der Waals surface area contributed by atoms with E-state index in [4.69, 9.17) is 0 Å². The zero-order chi connectivity index (χ0) is 11.0. The molecule has 0 unspecified atom stereocenters. The minimum atomic E-state index is 0.983. The van der Waals surface area contributed by atoms with Crippen molar-refractivity contribution in [1.82, 2.24) is 9.55 Å². The van der Waals surface area contributed by atoms with Crippen molar-refractivity contribution < 1.29 is 0 Å². The standard InChI is InChI=1S/C11H10Br2N2/c1-7-14-10(11(13)15(7)2)8-4-3-5-9(12)6-8/h3-6H,1-2H3. The fourth-order valence-electron chi connectivity index (χ4n) is 1.40. The van der Waals surface area contributed by atoms with E-state index >= 15 is 0 Å². The first-order valence-electron chi connectivity index (χ1n) is 4.54. The van der Waals surface area contributed by atoms with Crippen LogP contribution in [0.15, 0.2) is 33.3 Å².